The Morgan fingerprint density at radius 2 is 2.14 bits per heavy atom. The lowest BCUT2D eigenvalue weighted by atomic mass is 10.1. The van der Waals surface area contributed by atoms with E-state index >= 15 is 0 Å². The van der Waals surface area contributed by atoms with Crippen molar-refractivity contribution in [2.45, 2.75) is 6.04 Å². The molecule has 117 valence electrons. The van der Waals surface area contributed by atoms with Crippen molar-refractivity contribution in [1.29, 1.82) is 0 Å². The first-order chi connectivity index (χ1) is 10.2. The molecule has 4 N–H and O–H groups in total. The van der Waals surface area contributed by atoms with Crippen LogP contribution in [-0.2, 0) is 16.4 Å². The lowest BCUT2D eigenvalue weighted by Crippen LogP contribution is -2.43. The second-order valence-corrected chi connectivity index (χ2v) is 6.38. The molecule has 0 aliphatic carbocycles. The van der Waals surface area contributed by atoms with Crippen LogP contribution in [0.15, 0.2) is 18.2 Å². The Morgan fingerprint density at radius 1 is 1.45 bits per heavy atom. The SMILES string of the molecule is Cn1[c]nc2ccc(C(=O)NC(CP(=O)(O)O)C(=O)O)cc21. The summed E-state index contributed by atoms with van der Waals surface area (Å²) in [5.74, 6) is -2.27. The molecule has 0 aliphatic rings. The van der Waals surface area contributed by atoms with Crippen LogP contribution in [0.25, 0.3) is 11.0 Å². The molecule has 2 aromatic rings. The molecule has 2 rings (SSSR count). The highest BCUT2D eigenvalue weighted by atomic mass is 31.2. The van der Waals surface area contributed by atoms with Crippen LogP contribution in [0.4, 0.5) is 0 Å². The largest absolute Gasteiger partial charge is 0.480 e. The minimum atomic E-state index is -4.58. The number of carboxylic acid groups (broad SMARTS) is 1. The van der Waals surface area contributed by atoms with Gasteiger partial charge in [0, 0.05) is 12.6 Å². The molecule has 1 aromatic carbocycles. The molecule has 22 heavy (non-hydrogen) atoms. The van der Waals surface area contributed by atoms with E-state index in [1.165, 1.54) is 12.1 Å². The molecule has 0 bridgehead atoms. The summed E-state index contributed by atoms with van der Waals surface area (Å²) in [5.41, 5.74) is 1.39. The molecule has 0 aliphatic heterocycles. The van der Waals surface area contributed by atoms with E-state index in [1.807, 2.05) is 0 Å². The number of fused-ring (bicyclic) bond motifs is 1. The molecule has 1 radical (unpaired) electrons. The predicted molar refractivity (Wildman–Crippen MR) is 75.4 cm³/mol. The standard InChI is InChI=1S/C12H13N3O6P/c1-15-6-13-8-3-2-7(4-10(8)15)11(16)14-9(12(17)18)5-22(19,20)21/h2-4,9H,5H2,1H3,(H,14,16)(H,17,18)(H2,19,20,21). The lowest BCUT2D eigenvalue weighted by Gasteiger charge is -2.15. The van der Waals surface area contributed by atoms with E-state index in [0.29, 0.717) is 11.0 Å². The van der Waals surface area contributed by atoms with Crippen LogP contribution in [0.1, 0.15) is 10.4 Å². The number of imidazole rings is 1. The highest BCUT2D eigenvalue weighted by Crippen LogP contribution is 2.35. The van der Waals surface area contributed by atoms with Crippen LogP contribution in [0.3, 0.4) is 0 Å². The summed E-state index contributed by atoms with van der Waals surface area (Å²) in [7, 11) is -2.89. The lowest BCUT2D eigenvalue weighted by molar-refractivity contribution is -0.138. The Hall–Kier alpha value is -2.22. The maximum Gasteiger partial charge on any atom is 0.328 e. The molecular weight excluding hydrogens is 313 g/mol. The Labute approximate surface area is 124 Å². The predicted octanol–water partition coefficient (Wildman–Crippen LogP) is -0.266. The number of aryl methyl sites for hydroxylation is 1. The molecule has 1 aromatic heterocycles. The molecule has 1 amide bonds. The average Bonchev–Trinajstić information content (AvgIpc) is 2.77. The monoisotopic (exact) mass is 326 g/mol. The summed E-state index contributed by atoms with van der Waals surface area (Å²) >= 11 is 0. The van der Waals surface area contributed by atoms with Crippen molar-refractivity contribution in [2.24, 2.45) is 7.05 Å². The third kappa shape index (κ3) is 3.70. The number of aliphatic carboxylic acids is 1. The topological polar surface area (TPSA) is 142 Å². The summed E-state index contributed by atoms with van der Waals surface area (Å²) in [6.07, 6.45) is 1.69. The van der Waals surface area contributed by atoms with E-state index in [0.717, 1.165) is 0 Å². The maximum absolute atomic E-state index is 12.1. The van der Waals surface area contributed by atoms with Crippen molar-refractivity contribution < 1.29 is 29.0 Å². The molecule has 0 saturated carbocycles. The van der Waals surface area contributed by atoms with Crippen molar-refractivity contribution in [3.63, 3.8) is 0 Å². The number of benzene rings is 1. The van der Waals surface area contributed by atoms with Gasteiger partial charge in [-0.05, 0) is 18.2 Å². The Bertz CT molecular complexity index is 780. The average molecular weight is 326 g/mol. The van der Waals surface area contributed by atoms with Gasteiger partial charge in [-0.3, -0.25) is 9.36 Å². The highest BCUT2D eigenvalue weighted by Gasteiger charge is 2.29. The Morgan fingerprint density at radius 3 is 2.73 bits per heavy atom. The molecular formula is C12H13N3O6P. The van der Waals surface area contributed by atoms with Crippen molar-refractivity contribution in [2.75, 3.05) is 6.16 Å². The van der Waals surface area contributed by atoms with E-state index < -0.39 is 31.7 Å². The van der Waals surface area contributed by atoms with Gasteiger partial charge < -0.3 is 24.8 Å². The molecule has 0 fully saturated rings. The molecule has 1 atom stereocenters. The fourth-order valence-corrected chi connectivity index (χ4v) is 2.60. The van der Waals surface area contributed by atoms with Gasteiger partial charge in [-0.15, -0.1) is 0 Å². The van der Waals surface area contributed by atoms with Gasteiger partial charge >= 0.3 is 13.6 Å². The number of amides is 1. The number of aromatic nitrogens is 2. The van der Waals surface area contributed by atoms with E-state index in [9.17, 15) is 14.2 Å². The first kappa shape index (κ1) is 16.2. The number of hydrogen-bond acceptors (Lipinski definition) is 4. The van der Waals surface area contributed by atoms with Crippen molar-refractivity contribution in [3.8, 4) is 0 Å². The third-order valence-corrected chi connectivity index (χ3v) is 3.78. The minimum absolute atomic E-state index is 0.154. The fourth-order valence-electron chi connectivity index (χ4n) is 1.88. The summed E-state index contributed by atoms with van der Waals surface area (Å²) in [4.78, 5) is 44.7. The van der Waals surface area contributed by atoms with Gasteiger partial charge in [-0.2, -0.15) is 0 Å². The summed E-state index contributed by atoms with van der Waals surface area (Å²) < 4.78 is 12.5. The molecule has 10 heteroatoms. The first-order valence-electron chi connectivity index (χ1n) is 6.10. The summed E-state index contributed by atoms with van der Waals surface area (Å²) in [6, 6.07) is 2.82. The van der Waals surface area contributed by atoms with Crippen molar-refractivity contribution >= 4 is 30.5 Å². The Balaban J connectivity index is 2.23. The van der Waals surface area contributed by atoms with Gasteiger partial charge in [-0.25, -0.2) is 9.78 Å². The minimum Gasteiger partial charge on any atom is -0.480 e. The third-order valence-electron chi connectivity index (χ3n) is 2.94. The maximum atomic E-state index is 12.1. The van der Waals surface area contributed by atoms with Crippen LogP contribution in [0, 0.1) is 6.33 Å². The quantitative estimate of drug-likeness (QED) is 0.554. The van der Waals surface area contributed by atoms with Crippen LogP contribution < -0.4 is 5.32 Å². The zero-order valence-corrected chi connectivity index (χ0v) is 12.3. The molecule has 1 unspecified atom stereocenters. The second kappa shape index (κ2) is 5.88. The van der Waals surface area contributed by atoms with Gasteiger partial charge in [0.1, 0.15) is 6.04 Å². The Kier molecular flexibility index (Phi) is 4.32. The van der Waals surface area contributed by atoms with Gasteiger partial charge in [0.05, 0.1) is 17.2 Å². The molecule has 0 spiro atoms. The van der Waals surface area contributed by atoms with E-state index in [4.69, 9.17) is 14.9 Å². The highest BCUT2D eigenvalue weighted by molar-refractivity contribution is 7.51. The molecule has 0 saturated heterocycles. The van der Waals surface area contributed by atoms with Crippen molar-refractivity contribution in [3.05, 3.63) is 30.1 Å². The number of carbonyl (C=O) groups excluding carboxylic acids is 1. The second-order valence-electron chi connectivity index (χ2n) is 4.69. The van der Waals surface area contributed by atoms with Gasteiger partial charge in [0.25, 0.3) is 5.91 Å². The zero-order valence-electron chi connectivity index (χ0n) is 11.4. The smallest absolute Gasteiger partial charge is 0.328 e. The fraction of sp³-hybridized carbons (Fsp3) is 0.250. The number of hydrogen-bond donors (Lipinski definition) is 4. The first-order valence-corrected chi connectivity index (χ1v) is 7.89. The van der Waals surface area contributed by atoms with Crippen LogP contribution in [-0.4, -0.2) is 48.5 Å². The number of carbonyl (C=O) groups is 2. The van der Waals surface area contributed by atoms with Gasteiger partial charge in [-0.1, -0.05) is 0 Å². The van der Waals surface area contributed by atoms with Gasteiger partial charge in [0.2, 0.25) is 0 Å². The van der Waals surface area contributed by atoms with E-state index in [1.54, 1.807) is 17.7 Å². The van der Waals surface area contributed by atoms with Gasteiger partial charge in [0.15, 0.2) is 6.33 Å². The van der Waals surface area contributed by atoms with Crippen LogP contribution in [0.2, 0.25) is 0 Å². The van der Waals surface area contributed by atoms with Crippen LogP contribution >= 0.6 is 7.60 Å². The zero-order chi connectivity index (χ0) is 16.5. The van der Waals surface area contributed by atoms with E-state index in [2.05, 4.69) is 16.6 Å². The number of carboxylic acids is 1. The van der Waals surface area contributed by atoms with Crippen LogP contribution in [0.5, 0.6) is 0 Å². The molecule has 1 heterocycles. The number of nitrogens with one attached hydrogen (secondary N) is 1. The number of nitrogens with zero attached hydrogens (tertiary/aromatic N) is 2. The summed E-state index contributed by atoms with van der Waals surface area (Å²) in [5, 5.41) is 11.0. The number of rotatable bonds is 5. The summed E-state index contributed by atoms with van der Waals surface area (Å²) in [6.45, 7) is 0. The molecule has 9 nitrogen and oxygen atoms in total. The normalized spacial score (nSPS) is 13.0. The van der Waals surface area contributed by atoms with E-state index in [-0.39, 0.29) is 5.56 Å². The van der Waals surface area contributed by atoms with Crippen molar-refractivity contribution in [1.82, 2.24) is 14.9 Å².